The highest BCUT2D eigenvalue weighted by Crippen LogP contribution is 2.38. The van der Waals surface area contributed by atoms with Crippen LogP contribution in [-0.2, 0) is 23.8 Å². The third-order valence-electron chi connectivity index (χ3n) is 15.0. The Morgan fingerprint density at radius 1 is 0.485 bits per heavy atom. The van der Waals surface area contributed by atoms with Crippen LogP contribution in [-0.4, -0.2) is 122 Å². The highest BCUT2D eigenvalue weighted by Gasteiger charge is 2.26. The maximum Gasteiger partial charge on any atom is 0.387 e. The summed E-state index contributed by atoms with van der Waals surface area (Å²) in [5, 5.41) is 11.9. The second-order valence-corrected chi connectivity index (χ2v) is 23.8. The number of halogens is 9. The van der Waals surface area contributed by atoms with Crippen LogP contribution in [0.4, 0.5) is 98.2 Å². The molecule has 0 bridgehead atoms. The molecule has 9 aromatic rings. The SMILES string of the molecule is CC(C)(C)OC(=O)COCC1CCN(c2cncc(N(c3ccccc3)c3ccc(OC(F)F)cc3)n2)CC1.FC(F)Oc1ccc(Nc2ccccc2)cc1.I.Nc1ccc(OC(F)F)cc1.O=C(O)COCC1CCN(c2cncc(N(c3ccccc3)c3ccc(OC(F)F)cc3)n2)CC1. The lowest BCUT2D eigenvalue weighted by Crippen LogP contribution is -2.36. The smallest absolute Gasteiger partial charge is 0.387 e. The van der Waals surface area contributed by atoms with Crippen molar-refractivity contribution in [3.8, 4) is 23.0 Å². The Kier molecular flexibility index (Phi) is 31.9. The van der Waals surface area contributed by atoms with E-state index in [2.05, 4.69) is 44.0 Å². The molecule has 103 heavy (non-hydrogen) atoms. The fraction of sp³-hybridized carbons (Fsp3) is 0.297. The van der Waals surface area contributed by atoms with Gasteiger partial charge in [-0.15, -0.1) is 24.0 Å². The highest BCUT2D eigenvalue weighted by atomic mass is 127. The summed E-state index contributed by atoms with van der Waals surface area (Å²) in [6, 6.07) is 53.8. The van der Waals surface area contributed by atoms with Crippen molar-refractivity contribution < 1.29 is 83.0 Å². The number of benzene rings is 7. The number of alkyl halides is 8. The third-order valence-corrected chi connectivity index (χ3v) is 15.0. The number of nitrogens with zero attached hydrogens (tertiary/aromatic N) is 8. The van der Waals surface area contributed by atoms with Crippen LogP contribution >= 0.6 is 24.0 Å². The van der Waals surface area contributed by atoms with Gasteiger partial charge in [-0.25, -0.2) is 19.6 Å². The van der Waals surface area contributed by atoms with Crippen LogP contribution in [0.5, 0.6) is 23.0 Å². The van der Waals surface area contributed by atoms with E-state index in [9.17, 15) is 44.7 Å². The minimum absolute atomic E-state index is 0. The minimum Gasteiger partial charge on any atom is -0.480 e. The predicted molar refractivity (Wildman–Crippen MR) is 387 cm³/mol. The summed E-state index contributed by atoms with van der Waals surface area (Å²) in [7, 11) is 0. The number of esters is 1. The summed E-state index contributed by atoms with van der Waals surface area (Å²) in [6.45, 7) is -2.16. The number of aliphatic carboxylic acids is 1. The van der Waals surface area contributed by atoms with Crippen LogP contribution < -0.4 is 49.6 Å². The van der Waals surface area contributed by atoms with Gasteiger partial charge in [-0.3, -0.25) is 19.8 Å². The number of carboxylic acids is 1. The summed E-state index contributed by atoms with van der Waals surface area (Å²) in [6.07, 6.45) is 10.3. The summed E-state index contributed by atoms with van der Waals surface area (Å²) in [5.74, 6) is 2.42. The number of aromatic nitrogens is 4. The maximum atomic E-state index is 12.6. The second kappa shape index (κ2) is 41.0. The first kappa shape index (κ1) is 80.0. The number of nitrogens with two attached hydrogens (primary N) is 1. The fourth-order valence-corrected chi connectivity index (χ4v) is 10.5. The third kappa shape index (κ3) is 27.9. The fourth-order valence-electron chi connectivity index (χ4n) is 10.5. The standard InChI is InChI=1S/C29H34F2N4O4.C25H26F2N4O4.C13H11F2NO.C7H7F2NO.HI/c1-29(2,3)39-27(36)20-37-19-21-13-15-34(16-14-21)25-17-32-18-26(33-25)35(22-7-5-4-6-8-22)23-9-11-24(12-10-23)38-28(30)31;26-25(27)35-21-8-6-20(7-9-21)31(19-4-2-1-3-5-19)23-15-28-14-22(29-23)30-12-10-18(11-13-30)16-34-17-24(32)33;14-13(15)17-12-8-6-11(7-9-12)16-10-4-2-1-3-5-10;8-7(9)11-6-3-1-5(10)2-4-6;/h4-12,17-18,21,28H,13-16,19-20H2,1-3H3;1-9,14-15,18,25H,10-13,16-17H2,(H,32,33);1-9,13,16H;1-4,7H,10H2;1H. The first-order valence-corrected chi connectivity index (χ1v) is 32.3. The number of anilines is 11. The van der Waals surface area contributed by atoms with Gasteiger partial charge in [0.1, 0.15) is 53.4 Å². The van der Waals surface area contributed by atoms with E-state index in [4.69, 9.17) is 35.0 Å². The van der Waals surface area contributed by atoms with Crippen molar-refractivity contribution in [3.05, 3.63) is 213 Å². The zero-order valence-electron chi connectivity index (χ0n) is 56.4. The van der Waals surface area contributed by atoms with Gasteiger partial charge in [0.15, 0.2) is 11.6 Å². The Labute approximate surface area is 608 Å². The lowest BCUT2D eigenvalue weighted by Gasteiger charge is -2.33. The average molecular weight is 1550 g/mol. The molecule has 29 heteroatoms. The number of nitrogen functional groups attached to an aromatic ring is 1. The number of rotatable bonds is 26. The quantitative estimate of drug-likeness (QED) is 0.0198. The van der Waals surface area contributed by atoms with Crippen molar-refractivity contribution in [2.75, 3.05) is 83.3 Å². The molecule has 0 unspecified atom stereocenters. The van der Waals surface area contributed by atoms with Crippen LogP contribution in [0.15, 0.2) is 213 Å². The van der Waals surface area contributed by atoms with Crippen molar-refractivity contribution in [1.29, 1.82) is 0 Å². The summed E-state index contributed by atoms with van der Waals surface area (Å²) >= 11 is 0. The number of carbonyl (C=O) groups excluding carboxylic acids is 1. The molecule has 7 aromatic carbocycles. The number of hydrogen-bond acceptors (Lipinski definition) is 19. The number of piperidine rings is 2. The van der Waals surface area contributed by atoms with Crippen molar-refractivity contribution in [2.45, 2.75) is 78.5 Å². The zero-order valence-corrected chi connectivity index (χ0v) is 58.7. The molecule has 11 rings (SSSR count). The molecule has 2 aliphatic rings. The molecule has 0 aliphatic carbocycles. The van der Waals surface area contributed by atoms with Gasteiger partial charge < -0.3 is 59.1 Å². The number of carbonyl (C=O) groups is 2. The summed E-state index contributed by atoms with van der Waals surface area (Å²) in [4.78, 5) is 49.3. The van der Waals surface area contributed by atoms with E-state index < -0.39 is 38.0 Å². The molecular formula is C74H79F8IN10O10. The Balaban J connectivity index is 0.000000210. The Hall–Kier alpha value is -10.3. The van der Waals surface area contributed by atoms with Gasteiger partial charge in [-0.2, -0.15) is 35.1 Å². The molecule has 0 saturated carbocycles. The number of ether oxygens (including phenoxy) is 7. The molecule has 2 saturated heterocycles. The summed E-state index contributed by atoms with van der Waals surface area (Å²) in [5.41, 5.74) is 10.2. The second-order valence-electron chi connectivity index (χ2n) is 23.8. The molecule has 0 amide bonds. The van der Waals surface area contributed by atoms with Gasteiger partial charge in [0.2, 0.25) is 0 Å². The molecule has 0 spiro atoms. The first-order valence-electron chi connectivity index (χ1n) is 32.3. The molecule has 0 atom stereocenters. The number of hydrogen-bond donors (Lipinski definition) is 3. The van der Waals surface area contributed by atoms with Crippen molar-refractivity contribution in [3.63, 3.8) is 0 Å². The van der Waals surface area contributed by atoms with E-state index in [1.807, 2.05) is 122 Å². The molecule has 548 valence electrons. The molecule has 20 nitrogen and oxygen atoms in total. The van der Waals surface area contributed by atoms with Crippen LogP contribution in [0, 0.1) is 11.8 Å². The largest absolute Gasteiger partial charge is 0.480 e. The minimum atomic E-state index is -2.89. The predicted octanol–water partition coefficient (Wildman–Crippen LogP) is 17.5. The molecule has 4 N–H and O–H groups in total. The normalized spacial score (nSPS) is 13.0. The van der Waals surface area contributed by atoms with E-state index in [0.717, 1.165) is 97.6 Å². The average Bonchev–Trinajstić information content (AvgIpc) is 0.805. The van der Waals surface area contributed by atoms with E-state index in [-0.39, 0.29) is 66.2 Å². The van der Waals surface area contributed by atoms with Gasteiger partial charge in [0.25, 0.3) is 0 Å². The maximum absolute atomic E-state index is 12.6. The zero-order chi connectivity index (χ0) is 72.8. The van der Waals surface area contributed by atoms with Gasteiger partial charge in [-0.1, -0.05) is 54.6 Å². The molecular weight excluding hydrogens is 1470 g/mol. The van der Waals surface area contributed by atoms with Crippen molar-refractivity contribution >= 4 is 99.0 Å². The molecule has 2 aliphatic heterocycles. The van der Waals surface area contributed by atoms with Crippen molar-refractivity contribution in [2.24, 2.45) is 11.8 Å². The van der Waals surface area contributed by atoms with E-state index in [1.54, 1.807) is 61.2 Å². The highest BCUT2D eigenvalue weighted by molar-refractivity contribution is 14.0. The lowest BCUT2D eigenvalue weighted by molar-refractivity contribution is -0.160. The van der Waals surface area contributed by atoms with Crippen molar-refractivity contribution in [1.82, 2.24) is 19.9 Å². The first-order chi connectivity index (χ1) is 49.1. The van der Waals surface area contributed by atoms with Gasteiger partial charge in [0.05, 0.1) is 38.0 Å². The summed E-state index contributed by atoms with van der Waals surface area (Å²) < 4.78 is 131. The number of para-hydroxylation sites is 3. The van der Waals surface area contributed by atoms with Gasteiger partial charge >= 0.3 is 38.4 Å². The van der Waals surface area contributed by atoms with E-state index >= 15 is 0 Å². The molecule has 2 fully saturated rings. The van der Waals surface area contributed by atoms with Gasteiger partial charge in [-0.05, 0) is 192 Å². The topological polar surface area (TPSA) is 222 Å². The molecule has 2 aromatic heterocycles. The Morgan fingerprint density at radius 3 is 1.17 bits per heavy atom. The monoisotopic (exact) mass is 1550 g/mol. The lowest BCUT2D eigenvalue weighted by atomic mass is 9.98. The Morgan fingerprint density at radius 2 is 0.816 bits per heavy atom. The molecule has 0 radical (unpaired) electrons. The van der Waals surface area contributed by atoms with E-state index in [0.29, 0.717) is 42.4 Å². The number of carboxylic acid groups (broad SMARTS) is 1. The van der Waals surface area contributed by atoms with Crippen LogP contribution in [0.2, 0.25) is 0 Å². The van der Waals surface area contributed by atoms with Gasteiger partial charge in [0, 0.05) is 66.0 Å². The molecule has 4 heterocycles. The van der Waals surface area contributed by atoms with Crippen LogP contribution in [0.1, 0.15) is 46.5 Å². The number of nitrogens with one attached hydrogen (secondary N) is 1. The van der Waals surface area contributed by atoms with Crippen LogP contribution in [0.3, 0.4) is 0 Å². The Bertz CT molecular complexity index is 3920. The van der Waals surface area contributed by atoms with Crippen LogP contribution in [0.25, 0.3) is 0 Å². The van der Waals surface area contributed by atoms with E-state index in [1.165, 1.54) is 60.7 Å².